The molecule has 0 fully saturated rings. The number of aryl methyl sites for hydroxylation is 1. The molecule has 0 amide bonds. The van der Waals surface area contributed by atoms with E-state index in [1.54, 1.807) is 0 Å². The van der Waals surface area contributed by atoms with Gasteiger partial charge in [0.25, 0.3) is 0 Å². The number of nitrogens with one attached hydrogen (secondary N) is 1. The second-order valence-electron chi connectivity index (χ2n) is 4.96. The van der Waals surface area contributed by atoms with Crippen molar-refractivity contribution < 1.29 is 0 Å². The Morgan fingerprint density at radius 1 is 1.50 bits per heavy atom. The molecule has 3 nitrogen and oxygen atoms in total. The Hall–Kier alpha value is -1.35. The average Bonchev–Trinajstić information content (AvgIpc) is 2.57. The minimum absolute atomic E-state index is 0.618. The third kappa shape index (κ3) is 1.35. The van der Waals surface area contributed by atoms with Crippen LogP contribution in [0.15, 0.2) is 12.3 Å². The van der Waals surface area contributed by atoms with Gasteiger partial charge in [0.2, 0.25) is 0 Å². The number of hydrogen-bond donors (Lipinski definition) is 1. The summed E-state index contributed by atoms with van der Waals surface area (Å²) in [6, 6.07) is 2.86. The van der Waals surface area contributed by atoms with E-state index < -0.39 is 0 Å². The molecule has 1 N–H and O–H groups in total. The molecule has 2 aromatic heterocycles. The Kier molecular flexibility index (Phi) is 2.04. The Bertz CT molecular complexity index is 541. The minimum atomic E-state index is 0.618. The van der Waals surface area contributed by atoms with E-state index in [1.165, 1.54) is 22.2 Å². The molecular weight excluding hydrogens is 198 g/mol. The van der Waals surface area contributed by atoms with Gasteiger partial charge in [-0.05, 0) is 44.5 Å². The highest BCUT2D eigenvalue weighted by molar-refractivity contribution is 5.82. The van der Waals surface area contributed by atoms with Crippen molar-refractivity contribution in [1.82, 2.24) is 14.9 Å². The van der Waals surface area contributed by atoms with Crippen LogP contribution in [-0.4, -0.2) is 28.0 Å². The first kappa shape index (κ1) is 9.85. The van der Waals surface area contributed by atoms with Gasteiger partial charge in [-0.15, -0.1) is 0 Å². The topological polar surface area (TPSA) is 31.9 Å². The lowest BCUT2D eigenvalue weighted by molar-refractivity contribution is 0.229. The van der Waals surface area contributed by atoms with Crippen LogP contribution in [0.3, 0.4) is 0 Å². The fraction of sp³-hybridized carbons (Fsp3) is 0.462. The molecule has 0 aliphatic carbocycles. The predicted octanol–water partition coefficient (Wildman–Crippen LogP) is 2.25. The maximum atomic E-state index is 4.46. The molecule has 1 atom stereocenters. The molecule has 3 heterocycles. The third-order valence-corrected chi connectivity index (χ3v) is 3.64. The number of aromatic amines is 1. The maximum absolute atomic E-state index is 4.46. The van der Waals surface area contributed by atoms with Gasteiger partial charge in [-0.3, -0.25) is 4.90 Å². The fourth-order valence-corrected chi connectivity index (χ4v) is 2.50. The largest absolute Gasteiger partial charge is 0.342 e. The van der Waals surface area contributed by atoms with Gasteiger partial charge in [-0.2, -0.15) is 0 Å². The number of aromatic nitrogens is 2. The first-order chi connectivity index (χ1) is 7.65. The van der Waals surface area contributed by atoms with Crippen LogP contribution in [0, 0.1) is 6.92 Å². The summed E-state index contributed by atoms with van der Waals surface area (Å²) in [6.07, 6.45) is 3.05. The second-order valence-corrected chi connectivity index (χ2v) is 4.96. The standard InChI is InChI=1S/C13H17N3/c1-8-4-11-10-5-9(2)16(3)7-12(10)15-13(11)14-6-8/h4,6,9H,5,7H2,1-3H3,(H,14,15)/t9-/m1/s1. The van der Waals surface area contributed by atoms with E-state index in [0.29, 0.717) is 6.04 Å². The maximum Gasteiger partial charge on any atom is 0.137 e. The predicted molar refractivity (Wildman–Crippen MR) is 65.5 cm³/mol. The number of rotatable bonds is 0. The summed E-state index contributed by atoms with van der Waals surface area (Å²) in [5.74, 6) is 0. The summed E-state index contributed by atoms with van der Waals surface area (Å²) in [6.45, 7) is 5.39. The number of nitrogens with zero attached hydrogens (tertiary/aromatic N) is 2. The number of hydrogen-bond acceptors (Lipinski definition) is 2. The molecule has 3 heteroatoms. The summed E-state index contributed by atoms with van der Waals surface area (Å²) in [4.78, 5) is 10.3. The highest BCUT2D eigenvalue weighted by atomic mass is 15.1. The molecule has 0 saturated carbocycles. The molecule has 0 radical (unpaired) electrons. The van der Waals surface area contributed by atoms with Crippen LogP contribution in [0.25, 0.3) is 11.0 Å². The van der Waals surface area contributed by atoms with Crippen LogP contribution < -0.4 is 0 Å². The Balaban J connectivity index is 2.21. The van der Waals surface area contributed by atoms with Crippen molar-refractivity contribution in [3.63, 3.8) is 0 Å². The Labute approximate surface area is 95.5 Å². The van der Waals surface area contributed by atoms with E-state index >= 15 is 0 Å². The fourth-order valence-electron chi connectivity index (χ4n) is 2.50. The van der Waals surface area contributed by atoms with Crippen LogP contribution in [0.2, 0.25) is 0 Å². The van der Waals surface area contributed by atoms with Gasteiger partial charge in [0, 0.05) is 29.9 Å². The van der Waals surface area contributed by atoms with Crippen LogP contribution in [0.5, 0.6) is 0 Å². The molecule has 84 valence electrons. The molecule has 1 aliphatic rings. The van der Waals surface area contributed by atoms with Crippen LogP contribution >= 0.6 is 0 Å². The first-order valence-corrected chi connectivity index (χ1v) is 5.81. The second kappa shape index (κ2) is 3.32. The number of likely N-dealkylation sites (N-methyl/N-ethyl adjacent to an activating group) is 1. The van der Waals surface area contributed by atoms with E-state index in [4.69, 9.17) is 0 Å². The van der Waals surface area contributed by atoms with Gasteiger partial charge < -0.3 is 4.98 Å². The van der Waals surface area contributed by atoms with E-state index in [9.17, 15) is 0 Å². The summed E-state index contributed by atoms with van der Waals surface area (Å²) in [5.41, 5.74) is 5.09. The highest BCUT2D eigenvalue weighted by Gasteiger charge is 2.23. The molecule has 16 heavy (non-hydrogen) atoms. The molecule has 2 aromatic rings. The first-order valence-electron chi connectivity index (χ1n) is 5.81. The van der Waals surface area contributed by atoms with Crippen LogP contribution in [0.1, 0.15) is 23.7 Å². The zero-order chi connectivity index (χ0) is 11.3. The molecule has 1 aliphatic heterocycles. The molecular formula is C13H17N3. The van der Waals surface area contributed by atoms with Crippen molar-refractivity contribution in [2.45, 2.75) is 32.9 Å². The van der Waals surface area contributed by atoms with Gasteiger partial charge in [-0.1, -0.05) is 0 Å². The summed E-state index contributed by atoms with van der Waals surface area (Å²) in [5, 5.41) is 1.31. The van der Waals surface area contributed by atoms with Crippen molar-refractivity contribution in [3.05, 3.63) is 29.1 Å². The zero-order valence-electron chi connectivity index (χ0n) is 10.0. The molecule has 0 saturated heterocycles. The van der Waals surface area contributed by atoms with Gasteiger partial charge in [-0.25, -0.2) is 4.98 Å². The monoisotopic (exact) mass is 215 g/mol. The van der Waals surface area contributed by atoms with Crippen LogP contribution in [0.4, 0.5) is 0 Å². The Morgan fingerprint density at radius 2 is 2.31 bits per heavy atom. The lowest BCUT2D eigenvalue weighted by Crippen LogP contribution is -2.34. The van der Waals surface area contributed by atoms with Gasteiger partial charge in [0.15, 0.2) is 0 Å². The summed E-state index contributed by atoms with van der Waals surface area (Å²) in [7, 11) is 2.18. The molecule has 0 aromatic carbocycles. The molecule has 0 spiro atoms. The van der Waals surface area contributed by atoms with Gasteiger partial charge >= 0.3 is 0 Å². The van der Waals surface area contributed by atoms with Gasteiger partial charge in [0.1, 0.15) is 5.65 Å². The molecule has 0 bridgehead atoms. The van der Waals surface area contributed by atoms with Crippen molar-refractivity contribution in [1.29, 1.82) is 0 Å². The van der Waals surface area contributed by atoms with Crippen molar-refractivity contribution in [2.75, 3.05) is 7.05 Å². The minimum Gasteiger partial charge on any atom is -0.342 e. The van der Waals surface area contributed by atoms with Crippen molar-refractivity contribution in [3.8, 4) is 0 Å². The SMILES string of the molecule is Cc1cnc2[nH]c3c(c2c1)C[C@@H](C)N(C)C3. The molecule has 3 rings (SSSR count). The van der Waals surface area contributed by atoms with E-state index in [1.807, 2.05) is 6.20 Å². The number of pyridine rings is 1. The summed E-state index contributed by atoms with van der Waals surface area (Å²) < 4.78 is 0. The van der Waals surface area contributed by atoms with Gasteiger partial charge in [0.05, 0.1) is 0 Å². The van der Waals surface area contributed by atoms with Crippen LogP contribution in [-0.2, 0) is 13.0 Å². The highest BCUT2D eigenvalue weighted by Crippen LogP contribution is 2.28. The summed E-state index contributed by atoms with van der Waals surface area (Å²) >= 11 is 0. The quantitative estimate of drug-likeness (QED) is 0.731. The average molecular weight is 215 g/mol. The van der Waals surface area contributed by atoms with E-state index in [0.717, 1.165) is 18.6 Å². The smallest absolute Gasteiger partial charge is 0.137 e. The number of H-pyrrole nitrogens is 1. The molecule has 0 unspecified atom stereocenters. The van der Waals surface area contributed by atoms with E-state index in [-0.39, 0.29) is 0 Å². The zero-order valence-corrected chi connectivity index (χ0v) is 10.0. The van der Waals surface area contributed by atoms with Crippen molar-refractivity contribution in [2.24, 2.45) is 0 Å². The third-order valence-electron chi connectivity index (χ3n) is 3.64. The number of fused-ring (bicyclic) bond motifs is 3. The lowest BCUT2D eigenvalue weighted by atomic mass is 9.98. The normalized spacial score (nSPS) is 21.3. The van der Waals surface area contributed by atoms with E-state index in [2.05, 4.69) is 41.8 Å². The Morgan fingerprint density at radius 3 is 3.12 bits per heavy atom. The van der Waals surface area contributed by atoms with Crippen molar-refractivity contribution >= 4 is 11.0 Å². The lowest BCUT2D eigenvalue weighted by Gasteiger charge is -2.29.